The van der Waals surface area contributed by atoms with Gasteiger partial charge in [0.1, 0.15) is 5.82 Å². The van der Waals surface area contributed by atoms with Gasteiger partial charge in [-0.05, 0) is 53.8 Å². The van der Waals surface area contributed by atoms with Crippen LogP contribution in [-0.4, -0.2) is 29.6 Å². The van der Waals surface area contributed by atoms with Crippen molar-refractivity contribution in [2.45, 2.75) is 47.0 Å². The van der Waals surface area contributed by atoms with E-state index < -0.39 is 0 Å². The zero-order chi connectivity index (χ0) is 23.3. The van der Waals surface area contributed by atoms with Crippen LogP contribution in [0.15, 0.2) is 50.8 Å². The highest BCUT2D eigenvalue weighted by atomic mass is 79.9. The first-order valence-electron chi connectivity index (χ1n) is 10.8. The summed E-state index contributed by atoms with van der Waals surface area (Å²) in [6.07, 6.45) is 4.26. The van der Waals surface area contributed by atoms with Crippen molar-refractivity contribution >= 4 is 33.0 Å². The number of halogens is 1. The average Bonchev–Trinajstić information content (AvgIpc) is 2.76. The van der Waals surface area contributed by atoms with Crippen LogP contribution in [0.3, 0.4) is 0 Å². The molecule has 0 spiro atoms. The van der Waals surface area contributed by atoms with Crippen molar-refractivity contribution in [2.75, 3.05) is 13.7 Å². The van der Waals surface area contributed by atoms with E-state index in [2.05, 4.69) is 48.7 Å². The molecule has 0 atom stereocenters. The Kier molecular flexibility index (Phi) is 7.72. The minimum absolute atomic E-state index is 0.0409. The first-order valence-corrected chi connectivity index (χ1v) is 11.6. The van der Waals surface area contributed by atoms with Crippen molar-refractivity contribution in [2.24, 2.45) is 10.5 Å². The van der Waals surface area contributed by atoms with E-state index in [1.54, 1.807) is 19.4 Å². The third kappa shape index (κ3) is 5.97. The van der Waals surface area contributed by atoms with Gasteiger partial charge in [0, 0.05) is 10.9 Å². The summed E-state index contributed by atoms with van der Waals surface area (Å²) in [6.45, 7) is 9.03. The molecule has 0 saturated heterocycles. The quantitative estimate of drug-likeness (QED) is 0.366. The molecular formula is C25H30BrN3O3. The number of unbranched alkanes of at least 4 members (excludes halogenated alkanes) is 1. The van der Waals surface area contributed by atoms with Crippen LogP contribution in [0, 0.1) is 5.41 Å². The molecular weight excluding hydrogens is 470 g/mol. The minimum atomic E-state index is -0.184. The monoisotopic (exact) mass is 499 g/mol. The predicted octanol–water partition coefficient (Wildman–Crippen LogP) is 5.82. The topological polar surface area (TPSA) is 65.7 Å². The lowest BCUT2D eigenvalue weighted by molar-refractivity contribution is 0.191. The number of nitrogens with zero attached hydrogens (tertiary/aromatic N) is 3. The van der Waals surface area contributed by atoms with E-state index in [9.17, 15) is 4.79 Å². The molecule has 1 heterocycles. The van der Waals surface area contributed by atoms with Crippen LogP contribution in [0.25, 0.3) is 10.9 Å². The molecule has 0 N–H and O–H groups in total. The molecule has 0 fully saturated rings. The van der Waals surface area contributed by atoms with Crippen LogP contribution in [0.5, 0.6) is 11.5 Å². The van der Waals surface area contributed by atoms with Gasteiger partial charge in [-0.25, -0.2) is 4.98 Å². The van der Waals surface area contributed by atoms with E-state index in [-0.39, 0.29) is 11.0 Å². The minimum Gasteiger partial charge on any atom is -0.493 e. The first kappa shape index (κ1) is 24.0. The molecule has 0 radical (unpaired) electrons. The Hall–Kier alpha value is -2.67. The number of hydrogen-bond acceptors (Lipinski definition) is 5. The van der Waals surface area contributed by atoms with E-state index in [0.29, 0.717) is 41.3 Å². The molecule has 0 bridgehead atoms. The summed E-state index contributed by atoms with van der Waals surface area (Å²) in [4.78, 5) is 17.9. The molecule has 0 aliphatic carbocycles. The highest BCUT2D eigenvalue weighted by molar-refractivity contribution is 9.10. The normalized spacial score (nSPS) is 11.9. The average molecular weight is 500 g/mol. The number of benzene rings is 2. The Labute approximate surface area is 197 Å². The number of rotatable bonds is 8. The highest BCUT2D eigenvalue weighted by Gasteiger charge is 2.14. The third-order valence-corrected chi connectivity index (χ3v) is 5.29. The molecule has 0 aliphatic rings. The molecule has 1 aromatic heterocycles. The van der Waals surface area contributed by atoms with Gasteiger partial charge in [-0.2, -0.15) is 9.78 Å². The molecule has 3 rings (SSSR count). The van der Waals surface area contributed by atoms with E-state index in [1.807, 2.05) is 30.3 Å². The fourth-order valence-electron chi connectivity index (χ4n) is 3.11. The van der Waals surface area contributed by atoms with Gasteiger partial charge in [0.2, 0.25) is 0 Å². The molecule has 32 heavy (non-hydrogen) atoms. The van der Waals surface area contributed by atoms with Crippen molar-refractivity contribution in [3.05, 3.63) is 62.6 Å². The van der Waals surface area contributed by atoms with Crippen molar-refractivity contribution in [3.8, 4) is 11.5 Å². The molecule has 0 amide bonds. The second-order valence-electron chi connectivity index (χ2n) is 8.91. The molecule has 6 nitrogen and oxygen atoms in total. The number of methoxy groups -OCH3 is 1. The summed E-state index contributed by atoms with van der Waals surface area (Å²) in [6, 6.07) is 11.1. The molecule has 170 valence electrons. The van der Waals surface area contributed by atoms with Gasteiger partial charge in [-0.1, -0.05) is 50.0 Å². The maximum absolute atomic E-state index is 13.2. The highest BCUT2D eigenvalue weighted by Crippen LogP contribution is 2.29. The summed E-state index contributed by atoms with van der Waals surface area (Å²) < 4.78 is 13.6. The fourth-order valence-corrected chi connectivity index (χ4v) is 3.47. The van der Waals surface area contributed by atoms with Crippen molar-refractivity contribution in [3.63, 3.8) is 0 Å². The Balaban J connectivity index is 1.98. The van der Waals surface area contributed by atoms with Crippen LogP contribution in [-0.2, 0) is 6.42 Å². The predicted molar refractivity (Wildman–Crippen MR) is 133 cm³/mol. The molecule has 0 unspecified atom stereocenters. The summed E-state index contributed by atoms with van der Waals surface area (Å²) in [5.74, 6) is 1.95. The largest absolute Gasteiger partial charge is 0.493 e. The maximum atomic E-state index is 13.2. The SMILES string of the molecule is CCCCc1nc2ccc(Br)cc2c(=O)n1N=Cc1ccc(OCC(C)(C)C)c(OC)c1. The Morgan fingerprint density at radius 3 is 2.62 bits per heavy atom. The van der Waals surface area contributed by atoms with Gasteiger partial charge in [-0.15, -0.1) is 0 Å². The smallest absolute Gasteiger partial charge is 0.282 e. The van der Waals surface area contributed by atoms with Crippen LogP contribution in [0.2, 0.25) is 0 Å². The number of aromatic nitrogens is 2. The zero-order valence-electron chi connectivity index (χ0n) is 19.3. The summed E-state index contributed by atoms with van der Waals surface area (Å²) in [5.41, 5.74) is 1.33. The number of ether oxygens (including phenoxy) is 2. The second kappa shape index (κ2) is 10.3. The van der Waals surface area contributed by atoms with E-state index >= 15 is 0 Å². The summed E-state index contributed by atoms with van der Waals surface area (Å²) >= 11 is 3.43. The summed E-state index contributed by atoms with van der Waals surface area (Å²) in [7, 11) is 1.61. The number of fused-ring (bicyclic) bond motifs is 1. The van der Waals surface area contributed by atoms with Crippen LogP contribution in [0.4, 0.5) is 0 Å². The maximum Gasteiger partial charge on any atom is 0.282 e. The zero-order valence-corrected chi connectivity index (χ0v) is 20.9. The molecule has 0 saturated carbocycles. The van der Waals surface area contributed by atoms with Gasteiger partial charge < -0.3 is 9.47 Å². The Morgan fingerprint density at radius 1 is 1.16 bits per heavy atom. The van der Waals surface area contributed by atoms with Crippen LogP contribution >= 0.6 is 15.9 Å². The van der Waals surface area contributed by atoms with Gasteiger partial charge in [0.25, 0.3) is 5.56 Å². The van der Waals surface area contributed by atoms with Crippen molar-refractivity contribution in [1.29, 1.82) is 0 Å². The van der Waals surface area contributed by atoms with Crippen molar-refractivity contribution in [1.82, 2.24) is 9.66 Å². The molecule has 2 aromatic carbocycles. The van der Waals surface area contributed by atoms with E-state index in [4.69, 9.17) is 14.5 Å². The van der Waals surface area contributed by atoms with E-state index in [1.165, 1.54) is 4.68 Å². The second-order valence-corrected chi connectivity index (χ2v) is 9.83. The number of hydrogen-bond donors (Lipinski definition) is 0. The first-order chi connectivity index (χ1) is 15.2. The lowest BCUT2D eigenvalue weighted by Crippen LogP contribution is -2.22. The standard InChI is InChI=1S/C25H30BrN3O3/c1-6-7-8-23-28-20-11-10-18(26)14-19(20)24(30)29(23)27-15-17-9-12-21(22(13-17)31-5)32-16-25(2,3)4/h9-15H,6-8,16H2,1-5H3. The molecule has 0 aliphatic heterocycles. The number of aryl methyl sites for hydroxylation is 1. The van der Waals surface area contributed by atoms with Crippen LogP contribution < -0.4 is 15.0 Å². The molecule has 7 heteroatoms. The molecule has 3 aromatic rings. The third-order valence-electron chi connectivity index (χ3n) is 4.80. The lowest BCUT2D eigenvalue weighted by atomic mass is 9.99. The van der Waals surface area contributed by atoms with Crippen LogP contribution in [0.1, 0.15) is 51.9 Å². The van der Waals surface area contributed by atoms with Gasteiger partial charge in [0.05, 0.1) is 30.8 Å². The summed E-state index contributed by atoms with van der Waals surface area (Å²) in [5, 5.41) is 5.03. The van der Waals surface area contributed by atoms with Gasteiger partial charge >= 0.3 is 0 Å². The fraction of sp³-hybridized carbons (Fsp3) is 0.400. The Bertz CT molecular complexity index is 1180. The lowest BCUT2D eigenvalue weighted by Gasteiger charge is -2.20. The van der Waals surface area contributed by atoms with Gasteiger partial charge in [-0.3, -0.25) is 4.79 Å². The van der Waals surface area contributed by atoms with Gasteiger partial charge in [0.15, 0.2) is 11.5 Å². The van der Waals surface area contributed by atoms with E-state index in [0.717, 1.165) is 22.9 Å². The van der Waals surface area contributed by atoms with Crippen molar-refractivity contribution < 1.29 is 9.47 Å². The Morgan fingerprint density at radius 2 is 1.94 bits per heavy atom.